The summed E-state index contributed by atoms with van der Waals surface area (Å²) in [4.78, 5) is 27.8. The summed E-state index contributed by atoms with van der Waals surface area (Å²) in [5.41, 5.74) is -0.143. The van der Waals surface area contributed by atoms with Crippen molar-refractivity contribution in [2.24, 2.45) is 4.58 Å². The van der Waals surface area contributed by atoms with Crippen LogP contribution in [-0.2, 0) is 10.2 Å². The average Bonchev–Trinajstić information content (AvgIpc) is 2.81. The van der Waals surface area contributed by atoms with Crippen molar-refractivity contribution in [2.45, 2.75) is 56.2 Å². The van der Waals surface area contributed by atoms with Crippen molar-refractivity contribution < 1.29 is 14.6 Å². The number of nitrogens with zero attached hydrogens (tertiary/aromatic N) is 3. The first-order valence-corrected chi connectivity index (χ1v) is 12.6. The maximum atomic E-state index is 12.4. The highest BCUT2D eigenvalue weighted by molar-refractivity contribution is 7.99. The lowest BCUT2D eigenvalue weighted by Crippen LogP contribution is -2.47. The standard InChI is InChI=1S/C26H37N3O4S/c1-25(2,34-27-32)18-29-13-10-22(11-14-29)28(4)15-12-26(3,24(30)31)21-8-6-20-17-23(33-5)9-7-19(20)16-21/h6-9,16-17,22H,10-15,18H2,1-5H3,(H,30,31)/t26-/m0/s1. The largest absolute Gasteiger partial charge is 0.497 e. The van der Waals surface area contributed by atoms with Crippen LogP contribution < -0.4 is 4.74 Å². The number of carboxylic acid groups (broad SMARTS) is 1. The topological polar surface area (TPSA) is 82.4 Å². The zero-order valence-electron chi connectivity index (χ0n) is 20.9. The summed E-state index contributed by atoms with van der Waals surface area (Å²) in [7, 11) is 3.74. The fourth-order valence-corrected chi connectivity index (χ4v) is 5.28. The van der Waals surface area contributed by atoms with Gasteiger partial charge in [-0.1, -0.05) is 24.3 Å². The fraction of sp³-hybridized carbons (Fsp3) is 0.577. The van der Waals surface area contributed by atoms with Gasteiger partial charge in [-0.3, -0.25) is 4.79 Å². The third-order valence-corrected chi connectivity index (χ3v) is 7.89. The van der Waals surface area contributed by atoms with Gasteiger partial charge in [0, 0.05) is 33.9 Å². The fourth-order valence-electron chi connectivity index (χ4n) is 4.84. The number of piperidine rings is 1. The van der Waals surface area contributed by atoms with Gasteiger partial charge in [-0.2, -0.15) is 0 Å². The Morgan fingerprint density at radius 3 is 2.44 bits per heavy atom. The predicted molar refractivity (Wildman–Crippen MR) is 140 cm³/mol. The number of hydrogen-bond acceptors (Lipinski definition) is 7. The first-order valence-electron chi connectivity index (χ1n) is 11.8. The van der Waals surface area contributed by atoms with Crippen LogP contribution in [0.4, 0.5) is 0 Å². The number of fused-ring (bicyclic) bond motifs is 1. The molecule has 0 aliphatic carbocycles. The number of benzene rings is 2. The molecule has 7 nitrogen and oxygen atoms in total. The van der Waals surface area contributed by atoms with Crippen molar-refractivity contribution in [1.82, 2.24) is 9.80 Å². The number of rotatable bonds is 11. The number of aliphatic carboxylic acids is 1. The number of hydrogen-bond donors (Lipinski definition) is 1. The number of carbonyl (C=O) groups is 1. The highest BCUT2D eigenvalue weighted by atomic mass is 32.2. The first kappa shape index (κ1) is 26.4. The van der Waals surface area contributed by atoms with Crippen LogP contribution in [-0.4, -0.2) is 72.0 Å². The van der Waals surface area contributed by atoms with Crippen molar-refractivity contribution in [3.63, 3.8) is 0 Å². The first-order chi connectivity index (χ1) is 16.1. The Kier molecular flexibility index (Phi) is 8.60. The molecule has 0 radical (unpaired) electrons. The quantitative estimate of drug-likeness (QED) is 0.346. The highest BCUT2D eigenvalue weighted by Gasteiger charge is 2.36. The molecule has 2 aromatic carbocycles. The van der Waals surface area contributed by atoms with Crippen LogP contribution in [0.15, 0.2) is 41.0 Å². The zero-order valence-corrected chi connectivity index (χ0v) is 21.7. The third-order valence-electron chi connectivity index (χ3n) is 7.19. The van der Waals surface area contributed by atoms with E-state index in [9.17, 15) is 14.8 Å². The summed E-state index contributed by atoms with van der Waals surface area (Å²) < 4.78 is 8.12. The van der Waals surface area contributed by atoms with E-state index in [1.54, 1.807) is 7.11 Å². The molecule has 2 aromatic rings. The Morgan fingerprint density at radius 1 is 1.18 bits per heavy atom. The molecule has 1 aliphatic rings. The van der Waals surface area contributed by atoms with Gasteiger partial charge < -0.3 is 19.6 Å². The van der Waals surface area contributed by atoms with Crippen LogP contribution in [0, 0.1) is 4.91 Å². The van der Waals surface area contributed by atoms with Crippen LogP contribution in [0.3, 0.4) is 0 Å². The minimum absolute atomic E-state index is 0.186. The smallest absolute Gasteiger partial charge is 0.313 e. The van der Waals surface area contributed by atoms with E-state index < -0.39 is 11.4 Å². The van der Waals surface area contributed by atoms with Gasteiger partial charge in [-0.05, 0) is 95.2 Å². The minimum atomic E-state index is -0.966. The molecule has 0 saturated carbocycles. The number of likely N-dealkylation sites (tertiary alicyclic amines) is 1. The molecule has 1 N–H and O–H groups in total. The SMILES string of the molecule is COc1ccc2cc([C@](C)(CCN(C)C3CCN(CC(C)(C)SN=O)CC3)C(=O)O)ccc2c1. The molecular weight excluding hydrogens is 450 g/mol. The van der Waals surface area contributed by atoms with Gasteiger partial charge in [0.25, 0.3) is 0 Å². The monoisotopic (exact) mass is 487 g/mol. The van der Waals surface area contributed by atoms with Crippen molar-refractivity contribution in [1.29, 1.82) is 0 Å². The van der Waals surface area contributed by atoms with Crippen molar-refractivity contribution in [2.75, 3.05) is 40.3 Å². The van der Waals surface area contributed by atoms with E-state index in [0.29, 0.717) is 19.0 Å². The second kappa shape index (κ2) is 11.1. The van der Waals surface area contributed by atoms with Gasteiger partial charge in [-0.25, -0.2) is 0 Å². The Hall–Kier alpha value is -2.16. The van der Waals surface area contributed by atoms with Gasteiger partial charge in [0.15, 0.2) is 0 Å². The number of carboxylic acids is 1. The predicted octanol–water partition coefficient (Wildman–Crippen LogP) is 5.17. The minimum Gasteiger partial charge on any atom is -0.497 e. The third kappa shape index (κ3) is 6.29. The lowest BCUT2D eigenvalue weighted by atomic mass is 9.78. The van der Waals surface area contributed by atoms with E-state index in [4.69, 9.17) is 4.74 Å². The molecule has 1 heterocycles. The molecule has 34 heavy (non-hydrogen) atoms. The van der Waals surface area contributed by atoms with Crippen LogP contribution in [0.1, 0.15) is 45.6 Å². The molecule has 0 spiro atoms. The Bertz CT molecular complexity index is 1010. The van der Waals surface area contributed by atoms with Gasteiger partial charge >= 0.3 is 5.97 Å². The number of methoxy groups -OCH3 is 1. The maximum absolute atomic E-state index is 12.4. The molecule has 8 heteroatoms. The number of ether oxygens (including phenoxy) is 1. The van der Waals surface area contributed by atoms with Crippen LogP contribution >= 0.6 is 11.9 Å². The van der Waals surface area contributed by atoms with Gasteiger partial charge in [0.05, 0.1) is 12.5 Å². The Balaban J connectivity index is 1.62. The number of nitroso groups, excluding NO2 is 1. The van der Waals surface area contributed by atoms with Crippen molar-refractivity contribution in [3.05, 3.63) is 46.9 Å². The normalized spacial score (nSPS) is 17.6. The van der Waals surface area contributed by atoms with Crippen molar-refractivity contribution >= 4 is 28.7 Å². The molecule has 1 saturated heterocycles. The van der Waals surface area contributed by atoms with E-state index >= 15 is 0 Å². The molecule has 3 rings (SSSR count). The summed E-state index contributed by atoms with van der Waals surface area (Å²) >= 11 is 1.10. The van der Waals surface area contributed by atoms with Crippen molar-refractivity contribution in [3.8, 4) is 5.75 Å². The lowest BCUT2D eigenvalue weighted by molar-refractivity contribution is -0.143. The molecular formula is C26H37N3O4S. The van der Waals surface area contributed by atoms with Gasteiger partial charge in [0.1, 0.15) is 5.75 Å². The average molecular weight is 488 g/mol. The van der Waals surface area contributed by atoms with E-state index in [1.165, 1.54) is 0 Å². The second-order valence-corrected chi connectivity index (χ2v) is 11.7. The summed E-state index contributed by atoms with van der Waals surface area (Å²) in [5, 5.41) is 12.2. The molecule has 0 aromatic heterocycles. The Morgan fingerprint density at radius 2 is 1.82 bits per heavy atom. The van der Waals surface area contributed by atoms with Gasteiger partial charge in [0.2, 0.25) is 0 Å². The van der Waals surface area contributed by atoms with E-state index in [0.717, 1.165) is 66.5 Å². The Labute approximate surface area is 206 Å². The summed E-state index contributed by atoms with van der Waals surface area (Å²) in [6.07, 6.45) is 2.61. The van der Waals surface area contributed by atoms with Gasteiger partial charge in [-0.15, -0.1) is 4.91 Å². The molecule has 0 bridgehead atoms. The molecule has 186 valence electrons. The molecule has 1 fully saturated rings. The second-order valence-electron chi connectivity index (χ2n) is 10.2. The summed E-state index contributed by atoms with van der Waals surface area (Å²) in [6, 6.07) is 12.2. The summed E-state index contributed by atoms with van der Waals surface area (Å²) in [5.74, 6) is -0.0104. The molecule has 1 atom stereocenters. The summed E-state index contributed by atoms with van der Waals surface area (Å²) in [6.45, 7) is 9.43. The van der Waals surface area contributed by atoms with E-state index in [1.807, 2.05) is 57.2 Å². The van der Waals surface area contributed by atoms with E-state index in [-0.39, 0.29) is 4.75 Å². The van der Waals surface area contributed by atoms with E-state index in [2.05, 4.69) is 21.4 Å². The zero-order chi connectivity index (χ0) is 24.9. The lowest BCUT2D eigenvalue weighted by Gasteiger charge is -2.40. The van der Waals surface area contributed by atoms with Crippen LogP contribution in [0.5, 0.6) is 5.75 Å². The van der Waals surface area contributed by atoms with Crippen LogP contribution in [0.25, 0.3) is 10.8 Å². The highest BCUT2D eigenvalue weighted by Crippen LogP contribution is 2.33. The van der Waals surface area contributed by atoms with Crippen LogP contribution in [0.2, 0.25) is 0 Å². The molecule has 0 amide bonds. The molecule has 1 aliphatic heterocycles. The molecule has 0 unspecified atom stereocenters. The maximum Gasteiger partial charge on any atom is 0.313 e.